The van der Waals surface area contributed by atoms with Crippen LogP contribution in [0, 0.1) is 19.8 Å². The molecule has 1 N–H and O–H groups in total. The van der Waals surface area contributed by atoms with Crippen molar-refractivity contribution in [1.82, 2.24) is 24.9 Å². The first-order valence-electron chi connectivity index (χ1n) is 7.18. The first-order valence-corrected chi connectivity index (χ1v) is 7.18. The van der Waals surface area contributed by atoms with E-state index in [0.717, 1.165) is 25.3 Å². The Bertz CT molecular complexity index is 565. The highest BCUT2D eigenvalue weighted by Gasteiger charge is 2.12. The molecule has 0 fully saturated rings. The Morgan fingerprint density at radius 1 is 1.30 bits per heavy atom. The summed E-state index contributed by atoms with van der Waals surface area (Å²) in [6.45, 7) is 11.4. The molecule has 0 radical (unpaired) electrons. The predicted octanol–water partition coefficient (Wildman–Crippen LogP) is 2.03. The Hall–Kier alpha value is -1.62. The van der Waals surface area contributed by atoms with Crippen LogP contribution in [0.2, 0.25) is 0 Å². The average Bonchev–Trinajstić information content (AvgIpc) is 2.88. The quantitative estimate of drug-likeness (QED) is 0.877. The standard InChI is InChI=1S/C15H25N5/c1-11(2)6-16-8-15-12(3)18-20(13(15)4)10-14-7-17-19(5)9-14/h7,9,11,16H,6,8,10H2,1-5H3. The van der Waals surface area contributed by atoms with Gasteiger partial charge in [-0.25, -0.2) is 0 Å². The van der Waals surface area contributed by atoms with Crippen LogP contribution >= 0.6 is 0 Å². The van der Waals surface area contributed by atoms with E-state index in [0.29, 0.717) is 5.92 Å². The summed E-state index contributed by atoms with van der Waals surface area (Å²) < 4.78 is 3.89. The van der Waals surface area contributed by atoms with E-state index in [-0.39, 0.29) is 0 Å². The van der Waals surface area contributed by atoms with E-state index < -0.39 is 0 Å². The van der Waals surface area contributed by atoms with Crippen LogP contribution in [-0.4, -0.2) is 26.1 Å². The molecule has 5 heteroatoms. The lowest BCUT2D eigenvalue weighted by molar-refractivity contribution is 0.550. The van der Waals surface area contributed by atoms with E-state index >= 15 is 0 Å². The summed E-state index contributed by atoms with van der Waals surface area (Å²) in [7, 11) is 1.94. The molecular weight excluding hydrogens is 250 g/mol. The third-order valence-electron chi connectivity index (χ3n) is 3.48. The van der Waals surface area contributed by atoms with Gasteiger partial charge < -0.3 is 5.32 Å². The highest BCUT2D eigenvalue weighted by molar-refractivity contribution is 5.25. The molecule has 0 aliphatic heterocycles. The van der Waals surface area contributed by atoms with Crippen LogP contribution in [0.3, 0.4) is 0 Å². The molecule has 20 heavy (non-hydrogen) atoms. The Morgan fingerprint density at radius 3 is 2.65 bits per heavy atom. The molecule has 0 spiro atoms. The van der Waals surface area contributed by atoms with Gasteiger partial charge in [0.2, 0.25) is 0 Å². The van der Waals surface area contributed by atoms with Gasteiger partial charge in [-0.2, -0.15) is 10.2 Å². The molecule has 0 atom stereocenters. The average molecular weight is 275 g/mol. The minimum atomic E-state index is 0.668. The zero-order valence-electron chi connectivity index (χ0n) is 13.1. The van der Waals surface area contributed by atoms with Gasteiger partial charge in [0.15, 0.2) is 0 Å². The van der Waals surface area contributed by atoms with E-state index in [1.54, 1.807) is 0 Å². The largest absolute Gasteiger partial charge is 0.312 e. The zero-order chi connectivity index (χ0) is 14.7. The van der Waals surface area contributed by atoms with Crippen LogP contribution in [-0.2, 0) is 20.1 Å². The lowest BCUT2D eigenvalue weighted by Crippen LogP contribution is -2.19. The van der Waals surface area contributed by atoms with Gasteiger partial charge in [0, 0.05) is 36.6 Å². The molecule has 110 valence electrons. The normalized spacial score (nSPS) is 11.5. The second-order valence-corrected chi connectivity index (χ2v) is 5.85. The van der Waals surface area contributed by atoms with Crippen molar-refractivity contribution < 1.29 is 0 Å². The predicted molar refractivity (Wildman–Crippen MR) is 80.6 cm³/mol. The van der Waals surface area contributed by atoms with Crippen molar-refractivity contribution in [2.75, 3.05) is 6.54 Å². The van der Waals surface area contributed by atoms with Crippen molar-refractivity contribution >= 4 is 0 Å². The molecule has 0 amide bonds. The molecule has 2 aromatic heterocycles. The highest BCUT2D eigenvalue weighted by Crippen LogP contribution is 2.14. The van der Waals surface area contributed by atoms with Crippen molar-refractivity contribution in [3.05, 3.63) is 34.9 Å². The second-order valence-electron chi connectivity index (χ2n) is 5.85. The van der Waals surface area contributed by atoms with Crippen LogP contribution < -0.4 is 5.32 Å². The smallest absolute Gasteiger partial charge is 0.0693 e. The highest BCUT2D eigenvalue weighted by atomic mass is 15.3. The number of hydrogen-bond donors (Lipinski definition) is 1. The maximum atomic E-state index is 4.65. The third kappa shape index (κ3) is 3.48. The summed E-state index contributed by atoms with van der Waals surface area (Å²) in [5.74, 6) is 0.668. The van der Waals surface area contributed by atoms with E-state index in [2.05, 4.69) is 47.9 Å². The Labute approximate surface area is 121 Å². The first kappa shape index (κ1) is 14.8. The third-order valence-corrected chi connectivity index (χ3v) is 3.48. The SMILES string of the molecule is Cc1nn(Cc2cnn(C)c2)c(C)c1CNCC(C)C. The lowest BCUT2D eigenvalue weighted by Gasteiger charge is -2.08. The summed E-state index contributed by atoms with van der Waals surface area (Å²) in [5.41, 5.74) is 4.85. The number of rotatable bonds is 6. The van der Waals surface area contributed by atoms with Crippen LogP contribution in [0.1, 0.15) is 36.4 Å². The monoisotopic (exact) mass is 275 g/mol. The molecule has 0 bridgehead atoms. The first-order chi connectivity index (χ1) is 9.47. The minimum absolute atomic E-state index is 0.668. The molecule has 0 saturated carbocycles. The zero-order valence-corrected chi connectivity index (χ0v) is 13.1. The maximum Gasteiger partial charge on any atom is 0.0693 e. The van der Waals surface area contributed by atoms with Gasteiger partial charge in [-0.1, -0.05) is 13.8 Å². The van der Waals surface area contributed by atoms with E-state index in [9.17, 15) is 0 Å². The Balaban J connectivity index is 2.08. The molecule has 2 heterocycles. The second kappa shape index (κ2) is 6.22. The van der Waals surface area contributed by atoms with Crippen LogP contribution in [0.5, 0.6) is 0 Å². The lowest BCUT2D eigenvalue weighted by atomic mass is 10.1. The number of aromatic nitrogens is 4. The topological polar surface area (TPSA) is 47.7 Å². The minimum Gasteiger partial charge on any atom is -0.312 e. The van der Waals surface area contributed by atoms with Crippen molar-refractivity contribution in [3.8, 4) is 0 Å². The van der Waals surface area contributed by atoms with Gasteiger partial charge >= 0.3 is 0 Å². The van der Waals surface area contributed by atoms with E-state index in [4.69, 9.17) is 0 Å². The summed E-state index contributed by atoms with van der Waals surface area (Å²) >= 11 is 0. The molecule has 2 rings (SSSR count). The van der Waals surface area contributed by atoms with Gasteiger partial charge in [-0.15, -0.1) is 0 Å². The van der Waals surface area contributed by atoms with Crippen molar-refractivity contribution in [2.24, 2.45) is 13.0 Å². The van der Waals surface area contributed by atoms with Gasteiger partial charge in [0.25, 0.3) is 0 Å². The van der Waals surface area contributed by atoms with Crippen molar-refractivity contribution in [2.45, 2.75) is 40.8 Å². The van der Waals surface area contributed by atoms with Crippen LogP contribution in [0.4, 0.5) is 0 Å². The molecule has 0 saturated heterocycles. The van der Waals surface area contributed by atoms with Gasteiger partial charge in [-0.3, -0.25) is 9.36 Å². The molecule has 2 aromatic rings. The van der Waals surface area contributed by atoms with Crippen molar-refractivity contribution in [1.29, 1.82) is 0 Å². The Morgan fingerprint density at radius 2 is 2.05 bits per heavy atom. The van der Waals surface area contributed by atoms with Crippen LogP contribution in [0.25, 0.3) is 0 Å². The fraction of sp³-hybridized carbons (Fsp3) is 0.600. The molecule has 0 unspecified atom stereocenters. The van der Waals surface area contributed by atoms with Crippen LogP contribution in [0.15, 0.2) is 12.4 Å². The fourth-order valence-corrected chi connectivity index (χ4v) is 2.36. The fourth-order valence-electron chi connectivity index (χ4n) is 2.36. The Kier molecular flexibility index (Phi) is 4.60. The summed E-state index contributed by atoms with van der Waals surface area (Å²) in [5, 5.41) is 12.4. The van der Waals surface area contributed by atoms with E-state index in [1.165, 1.54) is 16.8 Å². The van der Waals surface area contributed by atoms with Crippen molar-refractivity contribution in [3.63, 3.8) is 0 Å². The molecule has 5 nitrogen and oxygen atoms in total. The van der Waals surface area contributed by atoms with Gasteiger partial charge in [0.05, 0.1) is 18.4 Å². The molecule has 0 aliphatic rings. The molecular formula is C15H25N5. The number of nitrogens with one attached hydrogen (secondary N) is 1. The molecule has 0 aliphatic carbocycles. The molecule has 0 aromatic carbocycles. The maximum absolute atomic E-state index is 4.65. The number of aryl methyl sites for hydroxylation is 2. The van der Waals surface area contributed by atoms with E-state index in [1.807, 2.05) is 24.1 Å². The number of nitrogens with zero attached hydrogens (tertiary/aromatic N) is 4. The van der Waals surface area contributed by atoms with Gasteiger partial charge in [0.1, 0.15) is 0 Å². The summed E-state index contributed by atoms with van der Waals surface area (Å²) in [4.78, 5) is 0. The van der Waals surface area contributed by atoms with Gasteiger partial charge in [-0.05, 0) is 26.3 Å². The summed E-state index contributed by atoms with van der Waals surface area (Å²) in [6.07, 6.45) is 3.93. The summed E-state index contributed by atoms with van der Waals surface area (Å²) in [6, 6.07) is 0. The number of hydrogen-bond acceptors (Lipinski definition) is 3.